The van der Waals surface area contributed by atoms with Crippen molar-refractivity contribution < 1.29 is 4.42 Å². The van der Waals surface area contributed by atoms with E-state index in [1.807, 2.05) is 13.0 Å². The molecule has 1 aromatic rings. The van der Waals surface area contributed by atoms with Crippen molar-refractivity contribution in [2.45, 2.75) is 40.2 Å². The molecule has 2 rings (SSSR count). The SMILES string of the molecule is Cc1ccc(C(CN)N2CCC(C(C)(C)C)C2)o1. The van der Waals surface area contributed by atoms with Gasteiger partial charge in [-0.1, -0.05) is 20.8 Å². The normalized spacial score (nSPS) is 23.5. The molecule has 102 valence electrons. The van der Waals surface area contributed by atoms with Gasteiger partial charge in [-0.15, -0.1) is 0 Å². The zero-order valence-corrected chi connectivity index (χ0v) is 12.1. The van der Waals surface area contributed by atoms with Crippen molar-refractivity contribution in [1.82, 2.24) is 4.90 Å². The summed E-state index contributed by atoms with van der Waals surface area (Å²) in [4.78, 5) is 2.48. The summed E-state index contributed by atoms with van der Waals surface area (Å²) < 4.78 is 5.75. The molecule has 0 saturated carbocycles. The van der Waals surface area contributed by atoms with Gasteiger partial charge in [-0.2, -0.15) is 0 Å². The van der Waals surface area contributed by atoms with Crippen LogP contribution in [-0.4, -0.2) is 24.5 Å². The highest BCUT2D eigenvalue weighted by Gasteiger charge is 2.35. The third kappa shape index (κ3) is 2.78. The van der Waals surface area contributed by atoms with Gasteiger partial charge in [0.05, 0.1) is 6.04 Å². The molecule has 1 fully saturated rings. The van der Waals surface area contributed by atoms with Gasteiger partial charge in [0.25, 0.3) is 0 Å². The first kappa shape index (κ1) is 13.6. The minimum Gasteiger partial charge on any atom is -0.465 e. The topological polar surface area (TPSA) is 42.4 Å². The average molecular weight is 250 g/mol. The van der Waals surface area contributed by atoms with E-state index < -0.39 is 0 Å². The molecule has 2 atom stereocenters. The maximum absolute atomic E-state index is 5.95. The molecule has 0 spiro atoms. The van der Waals surface area contributed by atoms with Crippen LogP contribution in [-0.2, 0) is 0 Å². The van der Waals surface area contributed by atoms with Gasteiger partial charge in [0, 0.05) is 13.1 Å². The second-order valence-electron chi connectivity index (χ2n) is 6.55. The summed E-state index contributed by atoms with van der Waals surface area (Å²) in [5.74, 6) is 2.74. The van der Waals surface area contributed by atoms with Crippen molar-refractivity contribution >= 4 is 0 Å². The smallest absolute Gasteiger partial charge is 0.122 e. The summed E-state index contributed by atoms with van der Waals surface area (Å²) in [6, 6.07) is 4.33. The maximum Gasteiger partial charge on any atom is 0.122 e. The molecule has 0 amide bonds. The standard InChI is InChI=1S/C15H26N2O/c1-11-5-6-14(18-11)13(9-16)17-8-7-12(10-17)15(2,3)4/h5-6,12-13H,7-10,16H2,1-4H3. The van der Waals surface area contributed by atoms with Crippen LogP contribution in [0.5, 0.6) is 0 Å². The number of rotatable bonds is 3. The van der Waals surface area contributed by atoms with E-state index in [2.05, 4.69) is 31.7 Å². The van der Waals surface area contributed by atoms with Crippen LogP contribution in [0.4, 0.5) is 0 Å². The zero-order valence-electron chi connectivity index (χ0n) is 12.1. The fraction of sp³-hybridized carbons (Fsp3) is 0.733. The van der Waals surface area contributed by atoms with E-state index in [9.17, 15) is 0 Å². The number of furan rings is 1. The summed E-state index contributed by atoms with van der Waals surface area (Å²) in [7, 11) is 0. The lowest BCUT2D eigenvalue weighted by Crippen LogP contribution is -2.33. The fourth-order valence-corrected chi connectivity index (χ4v) is 2.85. The minimum absolute atomic E-state index is 0.242. The fourth-order valence-electron chi connectivity index (χ4n) is 2.85. The summed E-state index contributed by atoms with van der Waals surface area (Å²) in [6.07, 6.45) is 1.26. The number of aryl methyl sites for hydroxylation is 1. The van der Waals surface area contributed by atoms with Crippen molar-refractivity contribution in [3.05, 3.63) is 23.7 Å². The Bertz CT molecular complexity index is 391. The second-order valence-corrected chi connectivity index (χ2v) is 6.55. The first-order chi connectivity index (χ1) is 8.41. The molecule has 1 aliphatic rings. The van der Waals surface area contributed by atoms with Crippen LogP contribution in [0.25, 0.3) is 0 Å². The van der Waals surface area contributed by atoms with Crippen molar-refractivity contribution in [2.24, 2.45) is 17.1 Å². The Morgan fingerprint density at radius 2 is 2.17 bits per heavy atom. The summed E-state index contributed by atoms with van der Waals surface area (Å²) in [5, 5.41) is 0. The Labute approximate surface area is 110 Å². The molecule has 2 N–H and O–H groups in total. The van der Waals surface area contributed by atoms with Gasteiger partial charge >= 0.3 is 0 Å². The quantitative estimate of drug-likeness (QED) is 0.897. The van der Waals surface area contributed by atoms with E-state index in [0.717, 1.165) is 30.5 Å². The van der Waals surface area contributed by atoms with Gasteiger partial charge in [-0.25, -0.2) is 0 Å². The Morgan fingerprint density at radius 1 is 1.44 bits per heavy atom. The lowest BCUT2D eigenvalue weighted by Gasteiger charge is -2.29. The van der Waals surface area contributed by atoms with Crippen molar-refractivity contribution in [2.75, 3.05) is 19.6 Å². The number of likely N-dealkylation sites (tertiary alicyclic amines) is 1. The zero-order chi connectivity index (χ0) is 13.3. The Hall–Kier alpha value is -0.800. The summed E-state index contributed by atoms with van der Waals surface area (Å²) in [6.45, 7) is 11.9. The monoisotopic (exact) mass is 250 g/mol. The van der Waals surface area contributed by atoms with Crippen molar-refractivity contribution in [1.29, 1.82) is 0 Å². The molecule has 1 saturated heterocycles. The molecular formula is C15H26N2O. The molecule has 1 aliphatic heterocycles. The van der Waals surface area contributed by atoms with Gasteiger partial charge in [0.2, 0.25) is 0 Å². The molecule has 3 nitrogen and oxygen atoms in total. The minimum atomic E-state index is 0.242. The van der Waals surface area contributed by atoms with Crippen LogP contribution in [0.15, 0.2) is 16.5 Å². The van der Waals surface area contributed by atoms with Crippen molar-refractivity contribution in [3.63, 3.8) is 0 Å². The Morgan fingerprint density at radius 3 is 2.61 bits per heavy atom. The highest BCUT2D eigenvalue weighted by atomic mass is 16.3. The van der Waals surface area contributed by atoms with E-state index >= 15 is 0 Å². The van der Waals surface area contributed by atoms with Gasteiger partial charge in [0.1, 0.15) is 11.5 Å². The number of nitrogens with two attached hydrogens (primary N) is 1. The van der Waals surface area contributed by atoms with E-state index in [0.29, 0.717) is 12.0 Å². The van der Waals surface area contributed by atoms with Gasteiger partial charge < -0.3 is 10.2 Å². The first-order valence-electron chi connectivity index (χ1n) is 6.92. The summed E-state index contributed by atoms with van der Waals surface area (Å²) in [5.41, 5.74) is 6.33. The van der Waals surface area contributed by atoms with Crippen LogP contribution >= 0.6 is 0 Å². The van der Waals surface area contributed by atoms with Crippen LogP contribution < -0.4 is 5.73 Å². The second kappa shape index (κ2) is 5.06. The van der Waals surface area contributed by atoms with Crippen LogP contribution in [0.2, 0.25) is 0 Å². The number of hydrogen-bond donors (Lipinski definition) is 1. The molecule has 3 heteroatoms. The predicted octanol–water partition coefficient (Wildman–Crippen LogP) is 2.96. The molecule has 2 unspecified atom stereocenters. The van der Waals surface area contributed by atoms with Crippen LogP contribution in [0, 0.1) is 18.3 Å². The van der Waals surface area contributed by atoms with E-state index in [4.69, 9.17) is 10.2 Å². The van der Waals surface area contributed by atoms with E-state index in [1.165, 1.54) is 6.42 Å². The van der Waals surface area contributed by atoms with E-state index in [-0.39, 0.29) is 6.04 Å². The molecule has 0 aromatic carbocycles. The molecule has 0 aliphatic carbocycles. The number of nitrogens with zero attached hydrogens (tertiary/aromatic N) is 1. The number of hydrogen-bond acceptors (Lipinski definition) is 3. The highest BCUT2D eigenvalue weighted by Crippen LogP contribution is 2.37. The largest absolute Gasteiger partial charge is 0.465 e. The Kier molecular flexibility index (Phi) is 3.83. The van der Waals surface area contributed by atoms with Gasteiger partial charge in [-0.3, -0.25) is 4.90 Å². The van der Waals surface area contributed by atoms with Gasteiger partial charge in [-0.05, 0) is 43.4 Å². The Balaban J connectivity index is 2.07. The maximum atomic E-state index is 5.95. The van der Waals surface area contributed by atoms with Gasteiger partial charge in [0.15, 0.2) is 0 Å². The molecule has 0 bridgehead atoms. The van der Waals surface area contributed by atoms with E-state index in [1.54, 1.807) is 0 Å². The molecule has 2 heterocycles. The first-order valence-corrected chi connectivity index (χ1v) is 6.92. The van der Waals surface area contributed by atoms with Crippen molar-refractivity contribution in [3.8, 4) is 0 Å². The third-order valence-corrected chi connectivity index (χ3v) is 4.20. The molecule has 0 radical (unpaired) electrons. The molecule has 18 heavy (non-hydrogen) atoms. The summed E-state index contributed by atoms with van der Waals surface area (Å²) >= 11 is 0. The predicted molar refractivity (Wildman–Crippen MR) is 74.4 cm³/mol. The molecular weight excluding hydrogens is 224 g/mol. The third-order valence-electron chi connectivity index (χ3n) is 4.20. The highest BCUT2D eigenvalue weighted by molar-refractivity contribution is 5.11. The lowest BCUT2D eigenvalue weighted by molar-refractivity contribution is 0.181. The van der Waals surface area contributed by atoms with Crippen LogP contribution in [0.3, 0.4) is 0 Å². The van der Waals surface area contributed by atoms with Crippen LogP contribution in [0.1, 0.15) is 44.8 Å². The average Bonchev–Trinajstić information content (AvgIpc) is 2.88. The lowest BCUT2D eigenvalue weighted by atomic mass is 9.80. The molecule has 1 aromatic heterocycles.